The lowest BCUT2D eigenvalue weighted by Gasteiger charge is -2.19. The van der Waals surface area contributed by atoms with Gasteiger partial charge in [-0.25, -0.2) is 4.79 Å². The number of carbonyl (C=O) groups is 1. The zero-order valence-corrected chi connectivity index (χ0v) is 12.3. The van der Waals surface area contributed by atoms with Gasteiger partial charge in [0.05, 0.1) is 18.2 Å². The zero-order chi connectivity index (χ0) is 15.2. The number of nitrogens with one attached hydrogen (secondary N) is 1. The van der Waals surface area contributed by atoms with E-state index in [1.807, 2.05) is 13.0 Å². The van der Waals surface area contributed by atoms with E-state index < -0.39 is 11.7 Å². The Bertz CT molecular complexity index is 513. The molecular formula is C15H20N2O3. The second-order valence-electron chi connectivity index (χ2n) is 5.37. The molecule has 0 aliphatic carbocycles. The van der Waals surface area contributed by atoms with Crippen LogP contribution in [0.1, 0.15) is 31.9 Å². The van der Waals surface area contributed by atoms with Crippen LogP contribution in [0.4, 0.5) is 4.79 Å². The standard InChI is InChI=1S/C15H20N2O3/c1-11-5-6-12(10-16)9-13(11)19-8-7-17-14(18)20-15(2,3)4/h5-6,9H,7-8H2,1-4H3,(H,17,18). The van der Waals surface area contributed by atoms with E-state index in [1.165, 1.54) is 0 Å². The molecule has 1 N–H and O–H groups in total. The van der Waals surface area contributed by atoms with Gasteiger partial charge in [0.15, 0.2) is 0 Å². The molecular weight excluding hydrogens is 256 g/mol. The van der Waals surface area contributed by atoms with Crippen molar-refractivity contribution in [1.82, 2.24) is 5.32 Å². The summed E-state index contributed by atoms with van der Waals surface area (Å²) in [5.41, 5.74) is 0.981. The number of rotatable bonds is 4. The predicted molar refractivity (Wildman–Crippen MR) is 75.6 cm³/mol. The molecule has 0 aliphatic heterocycles. The van der Waals surface area contributed by atoms with Crippen LogP contribution in [-0.2, 0) is 4.74 Å². The van der Waals surface area contributed by atoms with E-state index in [0.29, 0.717) is 24.5 Å². The smallest absolute Gasteiger partial charge is 0.407 e. The highest BCUT2D eigenvalue weighted by atomic mass is 16.6. The van der Waals surface area contributed by atoms with Gasteiger partial charge in [-0.2, -0.15) is 5.26 Å². The molecule has 1 aromatic rings. The number of ether oxygens (including phenoxy) is 2. The minimum absolute atomic E-state index is 0.314. The van der Waals surface area contributed by atoms with Gasteiger partial charge in [-0.15, -0.1) is 0 Å². The molecule has 20 heavy (non-hydrogen) atoms. The summed E-state index contributed by atoms with van der Waals surface area (Å²) in [6, 6.07) is 7.31. The third-order valence-electron chi connectivity index (χ3n) is 2.35. The van der Waals surface area contributed by atoms with Gasteiger partial charge in [-0.3, -0.25) is 0 Å². The summed E-state index contributed by atoms with van der Waals surface area (Å²) in [5.74, 6) is 0.648. The molecule has 0 spiro atoms. The maximum Gasteiger partial charge on any atom is 0.407 e. The normalized spacial score (nSPS) is 10.6. The summed E-state index contributed by atoms with van der Waals surface area (Å²) in [6.45, 7) is 7.97. The molecule has 0 bridgehead atoms. The van der Waals surface area contributed by atoms with Crippen molar-refractivity contribution in [2.75, 3.05) is 13.2 Å². The Morgan fingerprint density at radius 2 is 2.10 bits per heavy atom. The highest BCUT2D eigenvalue weighted by Gasteiger charge is 2.15. The Labute approximate surface area is 119 Å². The van der Waals surface area contributed by atoms with E-state index in [2.05, 4.69) is 11.4 Å². The molecule has 1 aromatic carbocycles. The molecule has 0 fully saturated rings. The lowest BCUT2D eigenvalue weighted by atomic mass is 10.1. The van der Waals surface area contributed by atoms with Gasteiger partial charge in [0.1, 0.15) is 18.0 Å². The summed E-state index contributed by atoms with van der Waals surface area (Å²) < 4.78 is 10.6. The Morgan fingerprint density at radius 3 is 2.70 bits per heavy atom. The van der Waals surface area contributed by atoms with Crippen LogP contribution in [0.5, 0.6) is 5.75 Å². The van der Waals surface area contributed by atoms with E-state index in [1.54, 1.807) is 32.9 Å². The van der Waals surface area contributed by atoms with E-state index in [-0.39, 0.29) is 0 Å². The Hall–Kier alpha value is -2.22. The highest BCUT2D eigenvalue weighted by Crippen LogP contribution is 2.18. The van der Waals surface area contributed by atoms with Gasteiger partial charge in [-0.05, 0) is 45.4 Å². The van der Waals surface area contributed by atoms with Crippen LogP contribution in [0.2, 0.25) is 0 Å². The molecule has 0 atom stereocenters. The van der Waals surface area contributed by atoms with Crippen molar-refractivity contribution < 1.29 is 14.3 Å². The van der Waals surface area contributed by atoms with Crippen molar-refractivity contribution >= 4 is 6.09 Å². The fraction of sp³-hybridized carbons (Fsp3) is 0.467. The fourth-order valence-electron chi connectivity index (χ4n) is 1.45. The van der Waals surface area contributed by atoms with Crippen molar-refractivity contribution in [3.8, 4) is 11.8 Å². The summed E-state index contributed by atoms with van der Waals surface area (Å²) in [7, 11) is 0. The lowest BCUT2D eigenvalue weighted by Crippen LogP contribution is -2.34. The van der Waals surface area contributed by atoms with Crippen molar-refractivity contribution in [2.24, 2.45) is 0 Å². The van der Waals surface area contributed by atoms with Gasteiger partial charge in [0, 0.05) is 0 Å². The molecule has 1 rings (SSSR count). The number of nitriles is 1. The maximum atomic E-state index is 11.4. The Balaban J connectivity index is 2.38. The Kier molecular flexibility index (Phi) is 5.39. The molecule has 108 valence electrons. The minimum Gasteiger partial charge on any atom is -0.491 e. The molecule has 0 saturated carbocycles. The predicted octanol–water partition coefficient (Wildman–Crippen LogP) is 2.77. The molecule has 5 nitrogen and oxygen atoms in total. The van der Waals surface area contributed by atoms with E-state index in [9.17, 15) is 4.79 Å². The van der Waals surface area contributed by atoms with E-state index >= 15 is 0 Å². The van der Waals surface area contributed by atoms with Crippen LogP contribution in [-0.4, -0.2) is 24.8 Å². The SMILES string of the molecule is Cc1ccc(C#N)cc1OCCNC(=O)OC(C)(C)C. The largest absolute Gasteiger partial charge is 0.491 e. The van der Waals surface area contributed by atoms with Gasteiger partial charge in [0.25, 0.3) is 0 Å². The molecule has 5 heteroatoms. The van der Waals surface area contributed by atoms with Crippen LogP contribution in [0.3, 0.4) is 0 Å². The number of amides is 1. The lowest BCUT2D eigenvalue weighted by molar-refractivity contribution is 0.0520. The maximum absolute atomic E-state index is 11.4. The first kappa shape index (κ1) is 15.8. The second-order valence-corrected chi connectivity index (χ2v) is 5.37. The van der Waals surface area contributed by atoms with Crippen LogP contribution < -0.4 is 10.1 Å². The van der Waals surface area contributed by atoms with Crippen LogP contribution in [0.15, 0.2) is 18.2 Å². The van der Waals surface area contributed by atoms with Gasteiger partial charge in [-0.1, -0.05) is 6.07 Å². The number of benzene rings is 1. The first-order valence-corrected chi connectivity index (χ1v) is 6.42. The molecule has 0 radical (unpaired) electrons. The number of aryl methyl sites for hydroxylation is 1. The second kappa shape index (κ2) is 6.80. The van der Waals surface area contributed by atoms with Gasteiger partial charge < -0.3 is 14.8 Å². The quantitative estimate of drug-likeness (QED) is 0.858. The first-order chi connectivity index (χ1) is 9.31. The average Bonchev–Trinajstić information content (AvgIpc) is 2.34. The molecule has 0 aliphatic rings. The third kappa shape index (κ3) is 5.61. The number of hydrogen-bond acceptors (Lipinski definition) is 4. The zero-order valence-electron chi connectivity index (χ0n) is 12.3. The fourth-order valence-corrected chi connectivity index (χ4v) is 1.45. The number of nitrogens with zero attached hydrogens (tertiary/aromatic N) is 1. The summed E-state index contributed by atoms with van der Waals surface area (Å²) in [5, 5.41) is 11.4. The molecule has 0 aromatic heterocycles. The van der Waals surface area contributed by atoms with Crippen molar-refractivity contribution in [3.05, 3.63) is 29.3 Å². The van der Waals surface area contributed by atoms with Crippen molar-refractivity contribution in [1.29, 1.82) is 5.26 Å². The van der Waals surface area contributed by atoms with E-state index in [0.717, 1.165) is 5.56 Å². The molecule has 0 saturated heterocycles. The van der Waals surface area contributed by atoms with E-state index in [4.69, 9.17) is 14.7 Å². The summed E-state index contributed by atoms with van der Waals surface area (Å²) >= 11 is 0. The highest BCUT2D eigenvalue weighted by molar-refractivity contribution is 5.67. The summed E-state index contributed by atoms with van der Waals surface area (Å²) in [4.78, 5) is 11.4. The minimum atomic E-state index is -0.511. The number of hydrogen-bond donors (Lipinski definition) is 1. The van der Waals surface area contributed by atoms with Crippen LogP contribution >= 0.6 is 0 Å². The van der Waals surface area contributed by atoms with Crippen LogP contribution in [0, 0.1) is 18.3 Å². The number of alkyl carbamates (subject to hydrolysis) is 1. The first-order valence-electron chi connectivity index (χ1n) is 6.42. The average molecular weight is 276 g/mol. The van der Waals surface area contributed by atoms with Crippen molar-refractivity contribution in [2.45, 2.75) is 33.3 Å². The van der Waals surface area contributed by atoms with Crippen molar-refractivity contribution in [3.63, 3.8) is 0 Å². The van der Waals surface area contributed by atoms with Gasteiger partial charge >= 0.3 is 6.09 Å². The molecule has 0 unspecified atom stereocenters. The monoisotopic (exact) mass is 276 g/mol. The number of carbonyl (C=O) groups excluding carboxylic acids is 1. The van der Waals surface area contributed by atoms with Gasteiger partial charge in [0.2, 0.25) is 0 Å². The summed E-state index contributed by atoms with van der Waals surface area (Å²) in [6.07, 6.45) is -0.469. The topological polar surface area (TPSA) is 71.3 Å². The molecule has 1 amide bonds. The third-order valence-corrected chi connectivity index (χ3v) is 2.35. The molecule has 0 heterocycles. The Morgan fingerprint density at radius 1 is 1.40 bits per heavy atom. The van der Waals surface area contributed by atoms with Crippen LogP contribution in [0.25, 0.3) is 0 Å².